The smallest absolute Gasteiger partial charge is 0.101 e. The number of benzene rings is 7. The number of fused-ring (bicyclic) bond motifs is 6. The van der Waals surface area contributed by atoms with Crippen molar-refractivity contribution < 1.29 is 0 Å². The predicted molar refractivity (Wildman–Crippen MR) is 200 cm³/mol. The summed E-state index contributed by atoms with van der Waals surface area (Å²) in [4.78, 5) is 0. The van der Waals surface area contributed by atoms with Crippen LogP contribution < -0.4 is 0 Å². The molecule has 9 aromatic rings. The highest BCUT2D eigenvalue weighted by atomic mass is 15.0. The summed E-state index contributed by atoms with van der Waals surface area (Å²) in [5.41, 5.74) is 11.0. The van der Waals surface area contributed by atoms with Gasteiger partial charge in [-0.2, -0.15) is 15.8 Å². The van der Waals surface area contributed by atoms with Gasteiger partial charge in [0.2, 0.25) is 0 Å². The summed E-state index contributed by atoms with van der Waals surface area (Å²) in [6.07, 6.45) is 0. The summed E-state index contributed by atoms with van der Waals surface area (Å²) in [6.45, 7) is 0. The van der Waals surface area contributed by atoms with E-state index in [0.717, 1.165) is 77.2 Å². The van der Waals surface area contributed by atoms with Crippen molar-refractivity contribution in [1.82, 2.24) is 9.13 Å². The molecule has 7 aromatic carbocycles. The van der Waals surface area contributed by atoms with Gasteiger partial charge in [0.1, 0.15) is 12.1 Å². The average molecular weight is 636 g/mol. The van der Waals surface area contributed by atoms with Crippen molar-refractivity contribution in [3.8, 4) is 51.8 Å². The van der Waals surface area contributed by atoms with E-state index >= 15 is 0 Å². The lowest BCUT2D eigenvalue weighted by Gasteiger charge is -2.17. The molecule has 0 fully saturated rings. The summed E-state index contributed by atoms with van der Waals surface area (Å²) < 4.78 is 4.31. The van der Waals surface area contributed by atoms with Gasteiger partial charge in [0.05, 0.1) is 56.2 Å². The van der Waals surface area contributed by atoms with Crippen LogP contribution in [0.4, 0.5) is 0 Å². The minimum Gasteiger partial charge on any atom is -0.308 e. The van der Waals surface area contributed by atoms with E-state index in [4.69, 9.17) is 0 Å². The number of para-hydroxylation sites is 4. The Bertz CT molecular complexity index is 2920. The zero-order valence-corrected chi connectivity index (χ0v) is 26.7. The Balaban J connectivity index is 1.22. The van der Waals surface area contributed by atoms with Crippen LogP contribution in [0, 0.1) is 34.0 Å². The van der Waals surface area contributed by atoms with Crippen LogP contribution >= 0.6 is 0 Å². The zero-order valence-electron chi connectivity index (χ0n) is 26.7. The molecule has 0 saturated carbocycles. The highest BCUT2D eigenvalue weighted by Crippen LogP contribution is 2.40. The van der Waals surface area contributed by atoms with Crippen molar-refractivity contribution in [2.24, 2.45) is 0 Å². The maximum absolute atomic E-state index is 10.5. The van der Waals surface area contributed by atoms with Gasteiger partial charge in [-0.05, 0) is 77.4 Å². The number of hydrogen-bond acceptors (Lipinski definition) is 3. The molecule has 230 valence electrons. The van der Waals surface area contributed by atoms with E-state index < -0.39 is 0 Å². The lowest BCUT2D eigenvalue weighted by molar-refractivity contribution is 1.17. The van der Waals surface area contributed by atoms with Gasteiger partial charge >= 0.3 is 0 Å². The number of aromatic nitrogens is 2. The van der Waals surface area contributed by atoms with Gasteiger partial charge < -0.3 is 9.13 Å². The van der Waals surface area contributed by atoms with Crippen LogP contribution in [-0.4, -0.2) is 9.13 Å². The van der Waals surface area contributed by atoms with Crippen molar-refractivity contribution in [2.75, 3.05) is 0 Å². The molecule has 0 bridgehead atoms. The van der Waals surface area contributed by atoms with Crippen LogP contribution in [0.2, 0.25) is 0 Å². The van der Waals surface area contributed by atoms with Gasteiger partial charge in [-0.3, -0.25) is 0 Å². The predicted octanol–water partition coefficient (Wildman–Crippen LogP) is 10.8. The number of nitriles is 3. The first-order chi connectivity index (χ1) is 24.7. The van der Waals surface area contributed by atoms with Crippen LogP contribution in [0.3, 0.4) is 0 Å². The van der Waals surface area contributed by atoms with Gasteiger partial charge in [-0.25, -0.2) is 0 Å². The zero-order chi connectivity index (χ0) is 33.8. The average Bonchev–Trinajstić information content (AvgIpc) is 3.69. The molecule has 0 saturated heterocycles. The number of nitrogens with zero attached hydrogens (tertiary/aromatic N) is 5. The first-order valence-corrected chi connectivity index (χ1v) is 16.3. The Labute approximate surface area is 287 Å². The van der Waals surface area contributed by atoms with Crippen molar-refractivity contribution in [1.29, 1.82) is 15.8 Å². The van der Waals surface area contributed by atoms with Gasteiger partial charge in [-0.15, -0.1) is 0 Å². The van der Waals surface area contributed by atoms with E-state index in [2.05, 4.69) is 88.0 Å². The second-order valence-electron chi connectivity index (χ2n) is 12.3. The molecule has 5 nitrogen and oxygen atoms in total. The largest absolute Gasteiger partial charge is 0.308 e. The highest BCUT2D eigenvalue weighted by molar-refractivity contribution is 6.11. The van der Waals surface area contributed by atoms with Crippen molar-refractivity contribution in [3.63, 3.8) is 0 Å². The minimum absolute atomic E-state index is 0.544. The molecule has 50 heavy (non-hydrogen) atoms. The van der Waals surface area contributed by atoms with E-state index in [9.17, 15) is 15.8 Å². The molecule has 5 heteroatoms. The maximum atomic E-state index is 10.5. The minimum atomic E-state index is 0.544. The van der Waals surface area contributed by atoms with E-state index in [1.165, 1.54) is 0 Å². The molecular formula is C45H25N5. The molecule has 2 heterocycles. The molecule has 0 aliphatic rings. The molecule has 2 aromatic heterocycles. The normalized spacial score (nSPS) is 11.1. The highest BCUT2D eigenvalue weighted by Gasteiger charge is 2.20. The first kappa shape index (κ1) is 28.8. The second kappa shape index (κ2) is 11.4. The molecule has 0 N–H and O–H groups in total. The van der Waals surface area contributed by atoms with Gasteiger partial charge in [0.25, 0.3) is 0 Å². The Morgan fingerprint density at radius 1 is 0.380 bits per heavy atom. The summed E-state index contributed by atoms with van der Waals surface area (Å²) in [7, 11) is 0. The van der Waals surface area contributed by atoms with Crippen LogP contribution in [-0.2, 0) is 0 Å². The maximum Gasteiger partial charge on any atom is 0.101 e. The summed E-state index contributed by atoms with van der Waals surface area (Å²) >= 11 is 0. The molecule has 0 atom stereocenters. The Morgan fingerprint density at radius 3 is 1.64 bits per heavy atom. The lowest BCUT2D eigenvalue weighted by atomic mass is 9.95. The van der Waals surface area contributed by atoms with Crippen LogP contribution in [0.1, 0.15) is 16.7 Å². The molecule has 0 spiro atoms. The molecule has 0 aliphatic heterocycles. The molecular weight excluding hydrogens is 611 g/mol. The third kappa shape index (κ3) is 4.31. The number of rotatable bonds is 4. The van der Waals surface area contributed by atoms with Crippen LogP contribution in [0.25, 0.3) is 77.2 Å². The topological polar surface area (TPSA) is 81.2 Å². The first-order valence-electron chi connectivity index (χ1n) is 16.3. The molecule has 0 amide bonds. The summed E-state index contributed by atoms with van der Waals surface area (Å²) in [6, 6.07) is 57.7. The lowest BCUT2D eigenvalue weighted by Crippen LogP contribution is -2.01. The van der Waals surface area contributed by atoms with E-state index in [0.29, 0.717) is 16.7 Å². The Morgan fingerprint density at radius 2 is 0.960 bits per heavy atom. The fraction of sp³-hybridized carbons (Fsp3) is 0. The van der Waals surface area contributed by atoms with Gasteiger partial charge in [0, 0.05) is 27.1 Å². The SMILES string of the molecule is N#Cc1ccc2c(c1)c1ccccc1n2-c1c(C#N)cccc1-c1cccc(-c2ccc(-n3c4ccccc4c4ccccc43)c(C#N)c2)c1. The monoisotopic (exact) mass is 635 g/mol. The number of hydrogen-bond donors (Lipinski definition) is 0. The molecule has 0 unspecified atom stereocenters. The van der Waals surface area contributed by atoms with E-state index in [1.54, 1.807) is 0 Å². The summed E-state index contributed by atoms with van der Waals surface area (Å²) in [5.74, 6) is 0. The van der Waals surface area contributed by atoms with Crippen LogP contribution in [0.5, 0.6) is 0 Å². The third-order valence-electron chi connectivity index (χ3n) is 9.63. The molecule has 0 aliphatic carbocycles. The third-order valence-corrected chi connectivity index (χ3v) is 9.63. The summed E-state index contributed by atoms with van der Waals surface area (Å²) in [5, 5.41) is 34.8. The standard InChI is InChI=1S/C45H25N5/c46-26-29-19-21-44-39(23-29)38-14-3-6-18-43(38)50(44)45-33(27-47)11-8-15-35(45)32-10-7-9-30(24-32)31-20-22-40(34(25-31)28-48)49-41-16-4-1-12-36(41)37-13-2-5-17-42(37)49/h1-25H. The second-order valence-corrected chi connectivity index (χ2v) is 12.3. The van der Waals surface area contributed by atoms with Crippen LogP contribution in [0.15, 0.2) is 152 Å². The Hall–Kier alpha value is -7.39. The van der Waals surface area contributed by atoms with Gasteiger partial charge in [-0.1, -0.05) is 91.0 Å². The molecule has 9 rings (SSSR count). The van der Waals surface area contributed by atoms with E-state index in [1.807, 2.05) is 91.0 Å². The fourth-order valence-electron chi connectivity index (χ4n) is 7.44. The van der Waals surface area contributed by atoms with E-state index in [-0.39, 0.29) is 0 Å². The fourth-order valence-corrected chi connectivity index (χ4v) is 7.44. The quantitative estimate of drug-likeness (QED) is 0.193. The van der Waals surface area contributed by atoms with Crippen molar-refractivity contribution >= 4 is 43.6 Å². The van der Waals surface area contributed by atoms with Crippen molar-refractivity contribution in [3.05, 3.63) is 168 Å². The van der Waals surface area contributed by atoms with Gasteiger partial charge in [0.15, 0.2) is 0 Å². The molecule has 0 radical (unpaired) electrons. The Kier molecular flexibility index (Phi) is 6.56. The van der Waals surface area contributed by atoms with Crippen molar-refractivity contribution in [2.45, 2.75) is 0 Å².